The number of nitrogens with zero attached hydrogens (tertiary/aromatic N) is 2. The van der Waals surface area contributed by atoms with Gasteiger partial charge in [-0.1, -0.05) is 36.0 Å². The third-order valence-electron chi connectivity index (χ3n) is 6.43. The number of halogens is 1. The molecule has 1 fully saturated rings. The monoisotopic (exact) mass is 590 g/mol. The van der Waals surface area contributed by atoms with Crippen LogP contribution in [-0.4, -0.2) is 41.3 Å². The summed E-state index contributed by atoms with van der Waals surface area (Å²) < 4.78 is 5.96. The van der Waals surface area contributed by atoms with Crippen LogP contribution >= 0.6 is 27.7 Å². The van der Waals surface area contributed by atoms with E-state index in [-0.39, 0.29) is 17.9 Å². The van der Waals surface area contributed by atoms with E-state index in [1.165, 1.54) is 0 Å². The van der Waals surface area contributed by atoms with Crippen molar-refractivity contribution in [1.82, 2.24) is 4.90 Å². The highest BCUT2D eigenvalue weighted by atomic mass is 79.9. The van der Waals surface area contributed by atoms with E-state index < -0.39 is 0 Å². The molecule has 2 amide bonds. The molecule has 0 radical (unpaired) electrons. The number of nitrogens with one attached hydrogen (secondary N) is 2. The van der Waals surface area contributed by atoms with Gasteiger partial charge in [0.25, 0.3) is 11.8 Å². The lowest BCUT2D eigenvalue weighted by Crippen LogP contribution is -2.43. The largest absolute Gasteiger partial charge is 0.497 e. The van der Waals surface area contributed by atoms with E-state index in [1.54, 1.807) is 24.9 Å². The minimum Gasteiger partial charge on any atom is -0.497 e. The molecule has 194 valence electrons. The first kappa shape index (κ1) is 26.1. The van der Waals surface area contributed by atoms with E-state index in [0.29, 0.717) is 28.2 Å². The molecule has 9 heteroatoms. The third-order valence-corrected chi connectivity index (χ3v) is 8.20. The Morgan fingerprint density at radius 1 is 1.00 bits per heavy atom. The van der Waals surface area contributed by atoms with Gasteiger partial charge in [-0.2, -0.15) is 0 Å². The average Bonchev–Trinajstić information content (AvgIpc) is 2.93. The lowest BCUT2D eigenvalue weighted by atomic mass is 9.93. The first-order valence-electron chi connectivity index (χ1n) is 12.2. The maximum atomic E-state index is 13.7. The second-order valence-corrected chi connectivity index (χ2v) is 10.8. The number of carbonyl (C=O) groups is 2. The van der Waals surface area contributed by atoms with Gasteiger partial charge in [-0.15, -0.1) is 0 Å². The summed E-state index contributed by atoms with van der Waals surface area (Å²) in [5.74, 6) is 1.29. The van der Waals surface area contributed by atoms with Crippen LogP contribution in [0.3, 0.4) is 0 Å². The number of fused-ring (bicyclic) bond motifs is 1. The molecule has 3 aromatic carbocycles. The van der Waals surface area contributed by atoms with Gasteiger partial charge in [-0.05, 0) is 83.4 Å². The summed E-state index contributed by atoms with van der Waals surface area (Å²) in [5.41, 5.74) is 4.05. The highest BCUT2D eigenvalue weighted by molar-refractivity contribution is 9.10. The molecule has 3 aromatic rings. The molecule has 2 aliphatic heterocycles. The lowest BCUT2D eigenvalue weighted by Gasteiger charge is -2.41. The minimum absolute atomic E-state index is 0.210. The SMILES string of the molecule is COc1ccc(NC(=O)C2=C(C)N=C3SCCCN3C2c2cccc(NC(=O)c3ccccc3Br)c2)cc1. The average molecular weight is 592 g/mol. The topological polar surface area (TPSA) is 83.0 Å². The van der Waals surface area contributed by atoms with E-state index >= 15 is 0 Å². The lowest BCUT2D eigenvalue weighted by molar-refractivity contribution is -0.113. The first-order valence-corrected chi connectivity index (χ1v) is 14.0. The van der Waals surface area contributed by atoms with Crippen LogP contribution in [0, 0.1) is 0 Å². The summed E-state index contributed by atoms with van der Waals surface area (Å²) in [5, 5.41) is 6.96. The normalized spacial score (nSPS) is 16.9. The molecule has 0 bridgehead atoms. The van der Waals surface area contributed by atoms with Crippen molar-refractivity contribution in [2.24, 2.45) is 4.99 Å². The van der Waals surface area contributed by atoms with Crippen molar-refractivity contribution in [3.8, 4) is 5.75 Å². The molecule has 1 unspecified atom stereocenters. The van der Waals surface area contributed by atoms with E-state index in [9.17, 15) is 9.59 Å². The van der Waals surface area contributed by atoms with Crippen LogP contribution in [-0.2, 0) is 4.79 Å². The Labute approximate surface area is 234 Å². The molecule has 0 aromatic heterocycles. The first-order chi connectivity index (χ1) is 18.4. The molecule has 0 spiro atoms. The zero-order valence-electron chi connectivity index (χ0n) is 21.0. The Morgan fingerprint density at radius 3 is 2.53 bits per heavy atom. The van der Waals surface area contributed by atoms with Crippen LogP contribution in [0.4, 0.5) is 11.4 Å². The molecule has 0 saturated carbocycles. The number of benzene rings is 3. The summed E-state index contributed by atoms with van der Waals surface area (Å²) in [7, 11) is 1.61. The Morgan fingerprint density at radius 2 is 1.76 bits per heavy atom. The van der Waals surface area contributed by atoms with Crippen molar-refractivity contribution in [3.05, 3.63) is 99.7 Å². The van der Waals surface area contributed by atoms with Crippen LogP contribution in [0.25, 0.3) is 0 Å². The number of thioether (sulfide) groups is 1. The van der Waals surface area contributed by atoms with Crippen LogP contribution in [0.2, 0.25) is 0 Å². The second-order valence-electron chi connectivity index (χ2n) is 8.93. The maximum Gasteiger partial charge on any atom is 0.256 e. The van der Waals surface area contributed by atoms with Crippen molar-refractivity contribution < 1.29 is 14.3 Å². The molecule has 0 aliphatic carbocycles. The summed E-state index contributed by atoms with van der Waals surface area (Å²) >= 11 is 5.16. The highest BCUT2D eigenvalue weighted by Crippen LogP contribution is 2.40. The number of hydrogen-bond donors (Lipinski definition) is 2. The Kier molecular flexibility index (Phi) is 7.85. The molecule has 7 nitrogen and oxygen atoms in total. The number of methoxy groups -OCH3 is 1. The summed E-state index contributed by atoms with van der Waals surface area (Å²) in [4.78, 5) is 33.7. The van der Waals surface area contributed by atoms with Gasteiger partial charge in [-0.3, -0.25) is 9.59 Å². The Bertz CT molecular complexity index is 1440. The molecular formula is C29H27BrN4O3S. The highest BCUT2D eigenvalue weighted by Gasteiger charge is 2.37. The summed E-state index contributed by atoms with van der Waals surface area (Å²) in [6.07, 6.45) is 0.991. The Hall–Kier alpha value is -3.56. The van der Waals surface area contributed by atoms with Crippen molar-refractivity contribution in [2.45, 2.75) is 19.4 Å². The summed E-state index contributed by atoms with van der Waals surface area (Å²) in [6.45, 7) is 2.67. The van der Waals surface area contributed by atoms with Crippen molar-refractivity contribution in [3.63, 3.8) is 0 Å². The number of carbonyl (C=O) groups excluding carboxylic acids is 2. The van der Waals surface area contributed by atoms with Crippen molar-refractivity contribution >= 4 is 56.0 Å². The van der Waals surface area contributed by atoms with Crippen LogP contribution < -0.4 is 15.4 Å². The number of amidine groups is 1. The van der Waals surface area contributed by atoms with Gasteiger partial charge in [0, 0.05) is 28.1 Å². The number of hydrogen-bond acceptors (Lipinski definition) is 6. The minimum atomic E-state index is -0.339. The van der Waals surface area contributed by atoms with E-state index in [4.69, 9.17) is 9.73 Å². The fourth-order valence-corrected chi connectivity index (χ4v) is 6.09. The van der Waals surface area contributed by atoms with Crippen LogP contribution in [0.1, 0.15) is 35.3 Å². The van der Waals surface area contributed by atoms with Crippen molar-refractivity contribution in [2.75, 3.05) is 30.0 Å². The number of amides is 2. The van der Waals surface area contributed by atoms with Gasteiger partial charge in [0.1, 0.15) is 5.75 Å². The molecule has 2 heterocycles. The molecule has 5 rings (SSSR count). The fraction of sp³-hybridized carbons (Fsp3) is 0.207. The zero-order valence-corrected chi connectivity index (χ0v) is 23.4. The molecule has 2 aliphatic rings. The predicted octanol–water partition coefficient (Wildman–Crippen LogP) is 6.47. The number of rotatable bonds is 6. The Balaban J connectivity index is 1.47. The predicted molar refractivity (Wildman–Crippen MR) is 157 cm³/mol. The van der Waals surface area contributed by atoms with Gasteiger partial charge >= 0.3 is 0 Å². The number of aliphatic imine (C=N–C) groups is 1. The van der Waals surface area contributed by atoms with Crippen LogP contribution in [0.15, 0.2) is 93.5 Å². The van der Waals surface area contributed by atoms with E-state index in [1.807, 2.05) is 73.7 Å². The molecule has 38 heavy (non-hydrogen) atoms. The standard InChI is InChI=1S/C29H27BrN4O3S/c1-18-25(28(36)32-20-11-13-22(37-2)14-12-20)26(34-15-6-16-38-29(34)31-18)19-7-5-8-21(17-19)33-27(35)23-9-3-4-10-24(23)30/h3-5,7-14,17,26H,6,15-16H2,1-2H3,(H,32,36)(H,33,35). The smallest absolute Gasteiger partial charge is 0.256 e. The van der Waals surface area contributed by atoms with E-state index in [0.717, 1.165) is 39.7 Å². The maximum absolute atomic E-state index is 13.7. The number of ether oxygens (including phenoxy) is 1. The van der Waals surface area contributed by atoms with Gasteiger partial charge in [0.2, 0.25) is 0 Å². The van der Waals surface area contributed by atoms with Gasteiger partial charge in [0.15, 0.2) is 5.17 Å². The van der Waals surface area contributed by atoms with Gasteiger partial charge in [0.05, 0.1) is 30.0 Å². The molecular weight excluding hydrogens is 564 g/mol. The summed E-state index contributed by atoms with van der Waals surface area (Å²) in [6, 6.07) is 21.9. The van der Waals surface area contributed by atoms with Gasteiger partial charge in [-0.25, -0.2) is 4.99 Å². The fourth-order valence-electron chi connectivity index (χ4n) is 4.61. The van der Waals surface area contributed by atoms with Crippen molar-refractivity contribution in [1.29, 1.82) is 0 Å². The number of anilines is 2. The molecule has 1 atom stereocenters. The molecule has 2 N–H and O–H groups in total. The molecule has 1 saturated heterocycles. The number of allylic oxidation sites excluding steroid dienone is 1. The second kappa shape index (κ2) is 11.4. The van der Waals surface area contributed by atoms with Gasteiger partial charge < -0.3 is 20.3 Å². The quantitative estimate of drug-likeness (QED) is 0.343. The zero-order chi connectivity index (χ0) is 26.6. The van der Waals surface area contributed by atoms with E-state index in [2.05, 4.69) is 31.5 Å². The van der Waals surface area contributed by atoms with Crippen LogP contribution in [0.5, 0.6) is 5.75 Å². The third kappa shape index (κ3) is 5.49.